The third kappa shape index (κ3) is 2.66. The van der Waals surface area contributed by atoms with Crippen LogP contribution in [0.15, 0.2) is 29.0 Å². The number of H-pyrrole nitrogens is 1. The number of aryl methyl sites for hydroxylation is 1. The number of nitrogen functional groups attached to an aromatic ring is 1. The molecule has 1 saturated heterocycles. The van der Waals surface area contributed by atoms with E-state index in [0.717, 1.165) is 36.8 Å². The predicted molar refractivity (Wildman–Crippen MR) is 120 cm³/mol. The average Bonchev–Trinajstić information content (AvgIpc) is 3.06. The highest BCUT2D eigenvalue weighted by atomic mass is 35.5. The number of anilines is 2. The molecule has 32 heavy (non-hydrogen) atoms. The van der Waals surface area contributed by atoms with Crippen LogP contribution in [0.1, 0.15) is 17.9 Å². The van der Waals surface area contributed by atoms with Gasteiger partial charge in [0.05, 0.1) is 22.6 Å². The molecule has 1 saturated carbocycles. The van der Waals surface area contributed by atoms with Crippen LogP contribution in [0, 0.1) is 18.8 Å². The molecule has 1 aliphatic carbocycles. The normalized spacial score (nSPS) is 24.7. The molecule has 3 unspecified atom stereocenters. The molecule has 11 heteroatoms. The van der Waals surface area contributed by atoms with Crippen LogP contribution in [-0.4, -0.2) is 49.9 Å². The molecule has 1 aliphatic heterocycles. The molecule has 0 aromatic carbocycles. The Morgan fingerprint density at radius 3 is 3.00 bits per heavy atom. The zero-order valence-electron chi connectivity index (χ0n) is 17.4. The van der Waals surface area contributed by atoms with Crippen molar-refractivity contribution in [3.8, 4) is 11.3 Å². The summed E-state index contributed by atoms with van der Waals surface area (Å²) in [5.41, 5.74) is 15.5. The van der Waals surface area contributed by atoms with E-state index in [9.17, 15) is 0 Å². The summed E-state index contributed by atoms with van der Waals surface area (Å²) in [6.07, 6.45) is 4.41. The summed E-state index contributed by atoms with van der Waals surface area (Å²) in [7, 11) is 0. The molecule has 4 aromatic rings. The van der Waals surface area contributed by atoms with Crippen molar-refractivity contribution >= 4 is 34.4 Å². The molecule has 0 amide bonds. The maximum Gasteiger partial charge on any atom is 0.202 e. The molecule has 5 heterocycles. The Morgan fingerprint density at radius 1 is 1.34 bits per heavy atom. The summed E-state index contributed by atoms with van der Waals surface area (Å²) >= 11 is 6.34. The first-order valence-corrected chi connectivity index (χ1v) is 10.9. The van der Waals surface area contributed by atoms with Crippen LogP contribution in [0.5, 0.6) is 0 Å². The van der Waals surface area contributed by atoms with Gasteiger partial charge in [-0.25, -0.2) is 15.0 Å². The lowest BCUT2D eigenvalue weighted by molar-refractivity contribution is 0.379. The van der Waals surface area contributed by atoms with E-state index in [4.69, 9.17) is 32.6 Å². The third-order valence-corrected chi connectivity index (χ3v) is 7.43. The summed E-state index contributed by atoms with van der Waals surface area (Å²) in [5, 5.41) is 12.0. The van der Waals surface area contributed by atoms with Gasteiger partial charge in [-0.1, -0.05) is 16.8 Å². The molecule has 2 fully saturated rings. The van der Waals surface area contributed by atoms with Crippen LogP contribution in [0.4, 0.5) is 11.6 Å². The molecule has 4 aromatic heterocycles. The lowest BCUT2D eigenvalue weighted by Crippen LogP contribution is -2.32. The standard InChI is InChI=1S/C21H22ClN9O/c1-10-6-14(30-32-10)21(9-23)12-3-5-31(8-13(12)21)15-7-26-18-17(28-29-20(18)27-15)11-2-4-25-19(24)16(11)22/h2,4,6-7,12-13H,3,5,8-9,23H2,1H3,(H2,24,25)(H,27,28,29). The summed E-state index contributed by atoms with van der Waals surface area (Å²) < 4.78 is 5.34. The van der Waals surface area contributed by atoms with Crippen LogP contribution in [-0.2, 0) is 5.41 Å². The van der Waals surface area contributed by atoms with Crippen LogP contribution >= 0.6 is 11.6 Å². The van der Waals surface area contributed by atoms with Crippen molar-refractivity contribution in [3.63, 3.8) is 0 Å². The Hall–Kier alpha value is -3.24. The number of rotatable bonds is 4. The fraction of sp³-hybridized carbons (Fsp3) is 0.381. The highest BCUT2D eigenvalue weighted by Gasteiger charge is 2.67. The molecule has 164 valence electrons. The van der Waals surface area contributed by atoms with E-state index in [2.05, 4.69) is 30.2 Å². The summed E-state index contributed by atoms with van der Waals surface area (Å²) in [6, 6.07) is 3.79. The molecule has 0 spiro atoms. The second-order valence-corrected chi connectivity index (χ2v) is 8.95. The molecular formula is C21H22ClN9O. The first-order chi connectivity index (χ1) is 15.5. The van der Waals surface area contributed by atoms with Gasteiger partial charge < -0.3 is 20.9 Å². The number of pyridine rings is 1. The number of nitrogens with zero attached hydrogens (tertiary/aromatic N) is 6. The molecule has 0 radical (unpaired) electrons. The molecule has 10 nitrogen and oxygen atoms in total. The topological polar surface area (TPSA) is 149 Å². The number of hydrogen-bond donors (Lipinski definition) is 3. The van der Waals surface area contributed by atoms with E-state index >= 15 is 0 Å². The molecule has 0 bridgehead atoms. The number of aromatic amines is 1. The lowest BCUT2D eigenvalue weighted by atomic mass is 9.97. The van der Waals surface area contributed by atoms with Crippen molar-refractivity contribution < 1.29 is 4.52 Å². The van der Waals surface area contributed by atoms with Crippen LogP contribution < -0.4 is 16.4 Å². The monoisotopic (exact) mass is 451 g/mol. The number of fused-ring (bicyclic) bond motifs is 2. The van der Waals surface area contributed by atoms with Crippen molar-refractivity contribution in [3.05, 3.63) is 41.0 Å². The minimum absolute atomic E-state index is 0.110. The van der Waals surface area contributed by atoms with E-state index < -0.39 is 0 Å². The smallest absolute Gasteiger partial charge is 0.202 e. The summed E-state index contributed by atoms with van der Waals surface area (Å²) in [4.78, 5) is 15.7. The van der Waals surface area contributed by atoms with Crippen LogP contribution in [0.2, 0.25) is 5.02 Å². The Labute approximate surface area is 188 Å². The van der Waals surface area contributed by atoms with Gasteiger partial charge >= 0.3 is 0 Å². The highest BCUT2D eigenvalue weighted by Crippen LogP contribution is 2.62. The molecule has 3 atom stereocenters. The van der Waals surface area contributed by atoms with E-state index in [1.54, 1.807) is 18.5 Å². The second kappa shape index (κ2) is 6.88. The van der Waals surface area contributed by atoms with Gasteiger partial charge in [0.25, 0.3) is 0 Å². The Kier molecular flexibility index (Phi) is 4.18. The maximum absolute atomic E-state index is 6.34. The zero-order chi connectivity index (χ0) is 22.0. The van der Waals surface area contributed by atoms with Gasteiger partial charge in [-0.3, -0.25) is 5.10 Å². The van der Waals surface area contributed by atoms with Gasteiger partial charge in [0.2, 0.25) is 5.65 Å². The first-order valence-electron chi connectivity index (χ1n) is 10.5. The number of halogens is 1. The molecule has 5 N–H and O–H groups in total. The van der Waals surface area contributed by atoms with Gasteiger partial charge in [-0.05, 0) is 31.2 Å². The number of hydrogen-bond acceptors (Lipinski definition) is 9. The number of aromatic nitrogens is 6. The van der Waals surface area contributed by atoms with Gasteiger partial charge in [0.15, 0.2) is 0 Å². The Morgan fingerprint density at radius 2 is 2.22 bits per heavy atom. The fourth-order valence-corrected chi connectivity index (χ4v) is 5.54. The number of piperidine rings is 1. The lowest BCUT2D eigenvalue weighted by Gasteiger charge is -2.26. The van der Waals surface area contributed by atoms with E-state index in [-0.39, 0.29) is 11.2 Å². The van der Waals surface area contributed by atoms with E-state index in [0.29, 0.717) is 45.8 Å². The summed E-state index contributed by atoms with van der Waals surface area (Å²) in [6.45, 7) is 4.20. The quantitative estimate of drug-likeness (QED) is 0.424. The van der Waals surface area contributed by atoms with E-state index in [1.807, 2.05) is 13.0 Å². The third-order valence-electron chi connectivity index (χ3n) is 7.03. The van der Waals surface area contributed by atoms with Gasteiger partial charge in [0.1, 0.15) is 22.9 Å². The van der Waals surface area contributed by atoms with Crippen LogP contribution in [0.3, 0.4) is 0 Å². The highest BCUT2D eigenvalue weighted by molar-refractivity contribution is 6.35. The summed E-state index contributed by atoms with van der Waals surface area (Å²) in [5.74, 6) is 2.80. The van der Waals surface area contributed by atoms with Crippen LogP contribution in [0.25, 0.3) is 22.4 Å². The zero-order valence-corrected chi connectivity index (χ0v) is 18.2. The maximum atomic E-state index is 6.34. The fourth-order valence-electron chi connectivity index (χ4n) is 5.34. The minimum Gasteiger partial charge on any atom is -0.382 e. The first kappa shape index (κ1) is 19.4. The number of nitrogens with two attached hydrogens (primary N) is 2. The average molecular weight is 452 g/mol. The van der Waals surface area contributed by atoms with Crippen molar-refractivity contribution in [2.45, 2.75) is 18.8 Å². The largest absolute Gasteiger partial charge is 0.382 e. The minimum atomic E-state index is -0.110. The predicted octanol–water partition coefficient (Wildman–Crippen LogP) is 2.30. The second-order valence-electron chi connectivity index (χ2n) is 8.57. The van der Waals surface area contributed by atoms with Crippen molar-refractivity contribution in [2.75, 3.05) is 30.3 Å². The van der Waals surface area contributed by atoms with Gasteiger partial charge in [-0.15, -0.1) is 0 Å². The van der Waals surface area contributed by atoms with Gasteiger partial charge in [-0.2, -0.15) is 5.10 Å². The van der Waals surface area contributed by atoms with Crippen molar-refractivity contribution in [1.82, 2.24) is 30.3 Å². The Bertz CT molecular complexity index is 1330. The molecule has 6 rings (SSSR count). The van der Waals surface area contributed by atoms with Crippen molar-refractivity contribution in [2.24, 2.45) is 17.6 Å². The number of nitrogens with one attached hydrogen (secondary N) is 1. The molecular weight excluding hydrogens is 430 g/mol. The van der Waals surface area contributed by atoms with E-state index in [1.165, 1.54) is 0 Å². The SMILES string of the molecule is Cc1cc(C2(CN)C3CCN(c4cnc5c(-c6ccnc(N)c6Cl)[nH]nc5n4)CC32)no1. The van der Waals surface area contributed by atoms with Crippen molar-refractivity contribution in [1.29, 1.82) is 0 Å². The Balaban J connectivity index is 1.29. The molecule has 2 aliphatic rings. The van der Waals surface area contributed by atoms with Gasteiger partial charge in [0, 0.05) is 42.9 Å².